The third-order valence-electron chi connectivity index (χ3n) is 3.67. The number of nitrogens with one attached hydrogen (secondary N) is 1. The van der Waals surface area contributed by atoms with Gasteiger partial charge in [0.1, 0.15) is 5.75 Å². The normalized spacial score (nSPS) is 12.4. The summed E-state index contributed by atoms with van der Waals surface area (Å²) in [7, 11) is 5.65. The lowest BCUT2D eigenvalue weighted by atomic mass is 9.98. The fourth-order valence-electron chi connectivity index (χ4n) is 2.54. The van der Waals surface area contributed by atoms with Crippen molar-refractivity contribution in [3.05, 3.63) is 45.7 Å². The Morgan fingerprint density at radius 3 is 2.81 bits per heavy atom. The van der Waals surface area contributed by atoms with E-state index in [2.05, 4.69) is 45.5 Å². The first-order chi connectivity index (χ1) is 10.1. The lowest BCUT2D eigenvalue weighted by Crippen LogP contribution is -2.20. The topological polar surface area (TPSA) is 39.1 Å². The molecule has 4 nitrogen and oxygen atoms in total. The molecule has 1 N–H and O–H groups in total. The zero-order valence-electron chi connectivity index (χ0n) is 13.0. The first-order valence-corrected chi connectivity index (χ1v) is 7.90. The van der Waals surface area contributed by atoms with E-state index in [1.807, 2.05) is 30.9 Å². The number of nitrogens with zero attached hydrogens (tertiary/aromatic N) is 2. The molecule has 5 heteroatoms. The van der Waals surface area contributed by atoms with Crippen LogP contribution in [0.3, 0.4) is 0 Å². The second-order valence-corrected chi connectivity index (χ2v) is 5.92. The SMILES string of the molecule is CCc1nn(C)cc1C(Cc1cc(OC)ccc1Br)NC. The molecule has 2 rings (SSSR count). The Hall–Kier alpha value is -1.33. The highest BCUT2D eigenvalue weighted by molar-refractivity contribution is 9.10. The molecule has 2 aromatic rings. The number of hydrogen-bond acceptors (Lipinski definition) is 3. The maximum Gasteiger partial charge on any atom is 0.119 e. The van der Waals surface area contributed by atoms with E-state index in [-0.39, 0.29) is 6.04 Å². The molecule has 0 aliphatic rings. The number of aryl methyl sites for hydroxylation is 2. The second-order valence-electron chi connectivity index (χ2n) is 5.06. The summed E-state index contributed by atoms with van der Waals surface area (Å²) in [6.45, 7) is 2.14. The first kappa shape index (κ1) is 16.0. The minimum absolute atomic E-state index is 0.233. The van der Waals surface area contributed by atoms with E-state index in [4.69, 9.17) is 4.74 Å². The van der Waals surface area contributed by atoms with Crippen LogP contribution in [0, 0.1) is 0 Å². The van der Waals surface area contributed by atoms with Gasteiger partial charge < -0.3 is 10.1 Å². The molecule has 1 heterocycles. The van der Waals surface area contributed by atoms with Crippen molar-refractivity contribution in [3.63, 3.8) is 0 Å². The molecule has 1 atom stereocenters. The molecule has 1 aromatic heterocycles. The van der Waals surface area contributed by atoms with Gasteiger partial charge in [-0.3, -0.25) is 4.68 Å². The predicted molar refractivity (Wildman–Crippen MR) is 88.8 cm³/mol. The van der Waals surface area contributed by atoms with Crippen molar-refractivity contribution in [3.8, 4) is 5.75 Å². The fourth-order valence-corrected chi connectivity index (χ4v) is 2.95. The number of aromatic nitrogens is 2. The summed E-state index contributed by atoms with van der Waals surface area (Å²) < 4.78 is 8.31. The molecule has 0 bridgehead atoms. The number of likely N-dealkylation sites (N-methyl/N-ethyl adjacent to an activating group) is 1. The lowest BCUT2D eigenvalue weighted by molar-refractivity contribution is 0.413. The zero-order chi connectivity index (χ0) is 15.4. The molecule has 1 aromatic carbocycles. The fraction of sp³-hybridized carbons (Fsp3) is 0.438. The number of ether oxygens (including phenoxy) is 1. The van der Waals surface area contributed by atoms with E-state index in [0.29, 0.717) is 0 Å². The highest BCUT2D eigenvalue weighted by Gasteiger charge is 2.18. The molecule has 0 saturated carbocycles. The molecular formula is C16H22BrN3O. The molecule has 0 fully saturated rings. The van der Waals surface area contributed by atoms with Gasteiger partial charge in [0.25, 0.3) is 0 Å². The number of halogens is 1. The molecule has 0 spiro atoms. The average molecular weight is 352 g/mol. The zero-order valence-corrected chi connectivity index (χ0v) is 14.6. The third-order valence-corrected chi connectivity index (χ3v) is 4.45. The van der Waals surface area contributed by atoms with Gasteiger partial charge in [-0.25, -0.2) is 0 Å². The average Bonchev–Trinajstić information content (AvgIpc) is 2.87. The summed E-state index contributed by atoms with van der Waals surface area (Å²) in [6, 6.07) is 6.31. The highest BCUT2D eigenvalue weighted by atomic mass is 79.9. The summed E-state index contributed by atoms with van der Waals surface area (Å²) in [5, 5.41) is 7.94. The van der Waals surface area contributed by atoms with Crippen molar-refractivity contribution in [1.29, 1.82) is 0 Å². The van der Waals surface area contributed by atoms with E-state index in [9.17, 15) is 0 Å². The first-order valence-electron chi connectivity index (χ1n) is 7.11. The number of rotatable bonds is 6. The standard InChI is InChI=1S/C16H22BrN3O/c1-5-15-13(10-20(3)19-15)16(18-2)9-11-8-12(21-4)6-7-14(11)17/h6-8,10,16,18H,5,9H2,1-4H3. The summed E-state index contributed by atoms with van der Waals surface area (Å²) in [5.41, 5.74) is 3.63. The number of benzene rings is 1. The molecule has 0 radical (unpaired) electrons. The maximum atomic E-state index is 5.32. The Kier molecular flexibility index (Phi) is 5.42. The van der Waals surface area contributed by atoms with Crippen molar-refractivity contribution in [1.82, 2.24) is 15.1 Å². The lowest BCUT2D eigenvalue weighted by Gasteiger charge is -2.17. The summed E-state index contributed by atoms with van der Waals surface area (Å²) in [6.07, 6.45) is 3.93. The molecule has 21 heavy (non-hydrogen) atoms. The van der Waals surface area contributed by atoms with E-state index in [1.165, 1.54) is 11.1 Å². The van der Waals surface area contributed by atoms with Crippen LogP contribution in [0.2, 0.25) is 0 Å². The van der Waals surface area contributed by atoms with Crippen LogP contribution < -0.4 is 10.1 Å². The summed E-state index contributed by atoms with van der Waals surface area (Å²) in [4.78, 5) is 0. The number of hydrogen-bond donors (Lipinski definition) is 1. The maximum absolute atomic E-state index is 5.32. The van der Waals surface area contributed by atoms with Gasteiger partial charge in [-0.1, -0.05) is 22.9 Å². The van der Waals surface area contributed by atoms with Crippen LogP contribution in [0.15, 0.2) is 28.9 Å². The van der Waals surface area contributed by atoms with Crippen molar-refractivity contribution in [2.75, 3.05) is 14.2 Å². The quantitative estimate of drug-likeness (QED) is 0.867. The van der Waals surface area contributed by atoms with Crippen LogP contribution in [0.4, 0.5) is 0 Å². The van der Waals surface area contributed by atoms with Crippen LogP contribution >= 0.6 is 15.9 Å². The Morgan fingerprint density at radius 1 is 1.43 bits per heavy atom. The molecule has 0 aliphatic carbocycles. The van der Waals surface area contributed by atoms with Gasteiger partial charge in [0.15, 0.2) is 0 Å². The molecule has 1 unspecified atom stereocenters. The van der Waals surface area contributed by atoms with Crippen molar-refractivity contribution in [2.45, 2.75) is 25.8 Å². The van der Waals surface area contributed by atoms with Gasteiger partial charge in [0, 0.05) is 29.3 Å². The predicted octanol–water partition coefficient (Wildman–Crippen LogP) is 3.26. The summed E-state index contributed by atoms with van der Waals surface area (Å²) >= 11 is 3.63. The Balaban J connectivity index is 2.30. The molecule has 0 aliphatic heterocycles. The summed E-state index contributed by atoms with van der Waals surface area (Å²) in [5.74, 6) is 0.880. The van der Waals surface area contributed by atoms with Crippen LogP contribution in [-0.4, -0.2) is 23.9 Å². The van der Waals surface area contributed by atoms with Gasteiger partial charge in [0.05, 0.1) is 12.8 Å². The van der Waals surface area contributed by atoms with Crippen molar-refractivity contribution >= 4 is 15.9 Å². The molecule has 0 amide bonds. The minimum Gasteiger partial charge on any atom is -0.497 e. The smallest absolute Gasteiger partial charge is 0.119 e. The van der Waals surface area contributed by atoms with Crippen LogP contribution in [0.1, 0.15) is 29.8 Å². The Morgan fingerprint density at radius 2 is 2.19 bits per heavy atom. The van der Waals surface area contributed by atoms with Crippen molar-refractivity contribution in [2.24, 2.45) is 7.05 Å². The molecule has 0 saturated heterocycles. The van der Waals surface area contributed by atoms with Gasteiger partial charge in [-0.15, -0.1) is 0 Å². The molecule has 114 valence electrons. The Bertz CT molecular complexity index is 610. The monoisotopic (exact) mass is 351 g/mol. The second kappa shape index (κ2) is 7.09. The molecular weight excluding hydrogens is 330 g/mol. The number of methoxy groups -OCH3 is 1. The highest BCUT2D eigenvalue weighted by Crippen LogP contribution is 2.28. The van der Waals surface area contributed by atoms with E-state index in [1.54, 1.807) is 7.11 Å². The third kappa shape index (κ3) is 3.66. The van der Waals surface area contributed by atoms with Gasteiger partial charge in [0.2, 0.25) is 0 Å². The Labute approximate surface area is 134 Å². The minimum atomic E-state index is 0.233. The van der Waals surface area contributed by atoms with E-state index >= 15 is 0 Å². The van der Waals surface area contributed by atoms with Crippen LogP contribution in [0.25, 0.3) is 0 Å². The van der Waals surface area contributed by atoms with E-state index < -0.39 is 0 Å². The van der Waals surface area contributed by atoms with Crippen LogP contribution in [-0.2, 0) is 19.9 Å². The van der Waals surface area contributed by atoms with Gasteiger partial charge >= 0.3 is 0 Å². The van der Waals surface area contributed by atoms with Gasteiger partial charge in [-0.2, -0.15) is 5.10 Å². The van der Waals surface area contributed by atoms with Gasteiger partial charge in [-0.05, 0) is 43.7 Å². The van der Waals surface area contributed by atoms with Crippen LogP contribution in [0.5, 0.6) is 5.75 Å². The van der Waals surface area contributed by atoms with Crippen molar-refractivity contribution < 1.29 is 4.74 Å². The van der Waals surface area contributed by atoms with E-state index in [0.717, 1.165) is 28.8 Å². The largest absolute Gasteiger partial charge is 0.497 e.